The van der Waals surface area contributed by atoms with Gasteiger partial charge in [0.15, 0.2) is 6.61 Å². The molecule has 0 saturated carbocycles. The number of carbonyl (C=O) groups excluding carboxylic acids is 1. The van der Waals surface area contributed by atoms with E-state index in [9.17, 15) is 4.79 Å². The minimum atomic E-state index is -0.163. The number of hydrogen-bond donors (Lipinski definition) is 1. The van der Waals surface area contributed by atoms with Crippen LogP contribution in [0.15, 0.2) is 53.1 Å². The van der Waals surface area contributed by atoms with Gasteiger partial charge in [0.1, 0.15) is 5.75 Å². The number of hydrogen-bond acceptors (Lipinski definition) is 6. The van der Waals surface area contributed by atoms with Crippen molar-refractivity contribution < 1.29 is 18.8 Å². The van der Waals surface area contributed by atoms with Gasteiger partial charge in [-0.3, -0.25) is 4.79 Å². The third kappa shape index (κ3) is 5.00. The molecule has 3 aromatic rings. The predicted molar refractivity (Wildman–Crippen MR) is 107 cm³/mol. The topological polar surface area (TPSA) is 86.5 Å². The smallest absolute Gasteiger partial charge is 0.258 e. The summed E-state index contributed by atoms with van der Waals surface area (Å²) in [5.41, 5.74) is 2.86. The normalized spacial score (nSPS) is 16.0. The lowest BCUT2D eigenvalue weighted by Gasteiger charge is -2.11. The third-order valence-electron chi connectivity index (χ3n) is 4.76. The van der Waals surface area contributed by atoms with E-state index in [-0.39, 0.29) is 18.6 Å². The Morgan fingerprint density at radius 2 is 1.90 bits per heavy atom. The Kier molecular flexibility index (Phi) is 5.86. The van der Waals surface area contributed by atoms with Crippen LogP contribution in [0.2, 0.25) is 0 Å². The largest absolute Gasteiger partial charge is 0.484 e. The molecule has 1 fully saturated rings. The van der Waals surface area contributed by atoms with Crippen LogP contribution in [0, 0.1) is 6.92 Å². The summed E-state index contributed by atoms with van der Waals surface area (Å²) in [6.07, 6.45) is 2.16. The quantitative estimate of drug-likeness (QED) is 0.662. The standard InChI is InChI=1S/C22H23N3O4/c1-15-4-6-16(7-5-15)21-24-22(29-25-21)17-8-10-18(11-9-17)28-14-20(26)23-13-19-3-2-12-27-19/h4-11,19H,2-3,12-14H2,1H3,(H,23,26). The molecule has 1 saturated heterocycles. The summed E-state index contributed by atoms with van der Waals surface area (Å²) in [5, 5.41) is 6.88. The summed E-state index contributed by atoms with van der Waals surface area (Å²) < 4.78 is 16.4. The third-order valence-corrected chi connectivity index (χ3v) is 4.76. The van der Waals surface area contributed by atoms with Crippen molar-refractivity contribution >= 4 is 5.91 Å². The fraction of sp³-hybridized carbons (Fsp3) is 0.318. The maximum absolute atomic E-state index is 11.9. The van der Waals surface area contributed by atoms with Crippen LogP contribution in [-0.2, 0) is 9.53 Å². The zero-order valence-electron chi connectivity index (χ0n) is 16.3. The number of aryl methyl sites for hydroxylation is 1. The van der Waals surface area contributed by atoms with Crippen molar-refractivity contribution in [3.05, 3.63) is 54.1 Å². The van der Waals surface area contributed by atoms with E-state index in [1.165, 1.54) is 5.56 Å². The van der Waals surface area contributed by atoms with Crippen LogP contribution in [0.5, 0.6) is 5.75 Å². The summed E-state index contributed by atoms with van der Waals surface area (Å²) in [6, 6.07) is 15.1. The number of nitrogens with one attached hydrogen (secondary N) is 1. The molecule has 0 radical (unpaired) electrons. The summed E-state index contributed by atoms with van der Waals surface area (Å²) in [5.74, 6) is 1.41. The van der Waals surface area contributed by atoms with E-state index in [1.807, 2.05) is 43.3 Å². The van der Waals surface area contributed by atoms with Gasteiger partial charge in [-0.25, -0.2) is 0 Å². The van der Waals surface area contributed by atoms with E-state index in [0.29, 0.717) is 24.0 Å². The van der Waals surface area contributed by atoms with Crippen molar-refractivity contribution in [2.75, 3.05) is 19.8 Å². The van der Waals surface area contributed by atoms with Crippen molar-refractivity contribution in [2.45, 2.75) is 25.9 Å². The number of amides is 1. The number of aromatic nitrogens is 2. The molecule has 1 unspecified atom stereocenters. The van der Waals surface area contributed by atoms with Gasteiger partial charge in [0, 0.05) is 24.3 Å². The highest BCUT2D eigenvalue weighted by Gasteiger charge is 2.16. The highest BCUT2D eigenvalue weighted by Crippen LogP contribution is 2.24. The second-order valence-electron chi connectivity index (χ2n) is 7.04. The van der Waals surface area contributed by atoms with E-state index in [0.717, 1.165) is 30.6 Å². The molecule has 2 aromatic carbocycles. The van der Waals surface area contributed by atoms with Gasteiger partial charge >= 0.3 is 0 Å². The van der Waals surface area contributed by atoms with Crippen LogP contribution in [0.3, 0.4) is 0 Å². The number of nitrogens with zero attached hydrogens (tertiary/aromatic N) is 2. The van der Waals surface area contributed by atoms with Gasteiger partial charge in [-0.15, -0.1) is 0 Å². The first kappa shape index (κ1) is 19.1. The summed E-state index contributed by atoms with van der Waals surface area (Å²) in [6.45, 7) is 3.30. The first-order chi connectivity index (χ1) is 14.2. The molecular formula is C22H23N3O4. The number of carbonyl (C=O) groups is 1. The highest BCUT2D eigenvalue weighted by atomic mass is 16.5. The van der Waals surface area contributed by atoms with Crippen LogP contribution in [0.1, 0.15) is 18.4 Å². The summed E-state index contributed by atoms with van der Waals surface area (Å²) in [7, 11) is 0. The molecule has 1 N–H and O–H groups in total. The van der Waals surface area contributed by atoms with Gasteiger partial charge in [0.05, 0.1) is 6.10 Å². The van der Waals surface area contributed by atoms with Gasteiger partial charge < -0.3 is 19.3 Å². The van der Waals surface area contributed by atoms with Gasteiger partial charge in [-0.1, -0.05) is 35.0 Å². The van der Waals surface area contributed by atoms with E-state index in [4.69, 9.17) is 14.0 Å². The Morgan fingerprint density at radius 3 is 2.62 bits per heavy atom. The van der Waals surface area contributed by atoms with Crippen molar-refractivity contribution in [3.63, 3.8) is 0 Å². The van der Waals surface area contributed by atoms with E-state index < -0.39 is 0 Å². The molecule has 1 atom stereocenters. The SMILES string of the molecule is Cc1ccc(-c2noc(-c3ccc(OCC(=O)NCC4CCCO4)cc3)n2)cc1. The number of benzene rings is 2. The molecule has 4 rings (SSSR count). The predicted octanol–water partition coefficient (Wildman–Crippen LogP) is 3.39. The minimum absolute atomic E-state index is 0.0375. The molecule has 1 amide bonds. The lowest BCUT2D eigenvalue weighted by Crippen LogP contribution is -2.35. The Hall–Kier alpha value is -3.19. The minimum Gasteiger partial charge on any atom is -0.484 e. The van der Waals surface area contributed by atoms with E-state index in [2.05, 4.69) is 15.5 Å². The summed E-state index contributed by atoms with van der Waals surface area (Å²) in [4.78, 5) is 16.3. The molecular weight excluding hydrogens is 370 g/mol. The van der Waals surface area contributed by atoms with Gasteiger partial charge in [0.25, 0.3) is 11.8 Å². The van der Waals surface area contributed by atoms with Crippen molar-refractivity contribution in [3.8, 4) is 28.6 Å². The van der Waals surface area contributed by atoms with Crippen molar-refractivity contribution in [2.24, 2.45) is 0 Å². The second kappa shape index (κ2) is 8.87. The molecule has 1 aromatic heterocycles. The van der Waals surface area contributed by atoms with Crippen molar-refractivity contribution in [1.29, 1.82) is 0 Å². The van der Waals surface area contributed by atoms with Crippen LogP contribution < -0.4 is 10.1 Å². The lowest BCUT2D eigenvalue weighted by atomic mass is 10.1. The molecule has 1 aliphatic heterocycles. The van der Waals surface area contributed by atoms with Crippen LogP contribution in [0.4, 0.5) is 0 Å². The Morgan fingerprint density at radius 1 is 1.14 bits per heavy atom. The van der Waals surface area contributed by atoms with E-state index >= 15 is 0 Å². The first-order valence-electron chi connectivity index (χ1n) is 9.70. The molecule has 0 spiro atoms. The Bertz CT molecular complexity index is 945. The number of ether oxygens (including phenoxy) is 2. The average molecular weight is 393 g/mol. The molecule has 1 aliphatic rings. The molecule has 29 heavy (non-hydrogen) atoms. The van der Waals surface area contributed by atoms with E-state index in [1.54, 1.807) is 12.1 Å². The molecule has 0 aliphatic carbocycles. The molecule has 150 valence electrons. The average Bonchev–Trinajstić information content (AvgIpc) is 3.44. The Labute approximate surface area is 169 Å². The highest BCUT2D eigenvalue weighted by molar-refractivity contribution is 5.77. The first-order valence-corrected chi connectivity index (χ1v) is 9.70. The Balaban J connectivity index is 1.31. The van der Waals surface area contributed by atoms with Crippen molar-refractivity contribution in [1.82, 2.24) is 15.5 Å². The van der Waals surface area contributed by atoms with Gasteiger partial charge in [-0.05, 0) is 44.0 Å². The fourth-order valence-electron chi connectivity index (χ4n) is 3.09. The molecule has 7 heteroatoms. The maximum Gasteiger partial charge on any atom is 0.258 e. The lowest BCUT2D eigenvalue weighted by molar-refractivity contribution is -0.123. The molecule has 7 nitrogen and oxygen atoms in total. The van der Waals surface area contributed by atoms with Crippen LogP contribution >= 0.6 is 0 Å². The maximum atomic E-state index is 11.9. The monoisotopic (exact) mass is 393 g/mol. The zero-order chi connectivity index (χ0) is 20.1. The van der Waals surface area contributed by atoms with Gasteiger partial charge in [0.2, 0.25) is 5.82 Å². The number of rotatable bonds is 7. The second-order valence-corrected chi connectivity index (χ2v) is 7.04. The van der Waals surface area contributed by atoms with Gasteiger partial charge in [-0.2, -0.15) is 4.98 Å². The molecule has 0 bridgehead atoms. The summed E-state index contributed by atoms with van der Waals surface area (Å²) >= 11 is 0. The molecule has 2 heterocycles. The fourth-order valence-corrected chi connectivity index (χ4v) is 3.09. The zero-order valence-corrected chi connectivity index (χ0v) is 16.3. The van der Waals surface area contributed by atoms with Crippen LogP contribution in [-0.4, -0.2) is 41.9 Å². The van der Waals surface area contributed by atoms with Crippen LogP contribution in [0.25, 0.3) is 22.8 Å².